The SMILES string of the molecule is C=CCCC(CCC)NCCC(C(=C)C(C)C)c1ccc(Cl)cc1. The van der Waals surface area contributed by atoms with Gasteiger partial charge in [-0.2, -0.15) is 0 Å². The molecule has 0 aliphatic carbocycles. The summed E-state index contributed by atoms with van der Waals surface area (Å²) < 4.78 is 0. The minimum Gasteiger partial charge on any atom is -0.314 e. The monoisotopic (exact) mass is 347 g/mol. The van der Waals surface area contributed by atoms with Crippen molar-refractivity contribution in [3.8, 4) is 0 Å². The molecule has 0 saturated heterocycles. The minimum atomic E-state index is 0.386. The number of nitrogens with one attached hydrogen (secondary N) is 1. The van der Waals surface area contributed by atoms with Crippen molar-refractivity contribution in [1.29, 1.82) is 0 Å². The molecular formula is C22H34ClN. The smallest absolute Gasteiger partial charge is 0.0406 e. The molecule has 0 fully saturated rings. The number of benzene rings is 1. The summed E-state index contributed by atoms with van der Waals surface area (Å²) >= 11 is 6.04. The molecule has 0 aromatic heterocycles. The summed E-state index contributed by atoms with van der Waals surface area (Å²) in [7, 11) is 0. The van der Waals surface area contributed by atoms with Gasteiger partial charge in [-0.1, -0.05) is 69.2 Å². The lowest BCUT2D eigenvalue weighted by atomic mass is 9.83. The maximum Gasteiger partial charge on any atom is 0.0406 e. The standard InChI is InChI=1S/C22H34ClN/c1-6-8-10-21(9-7-2)24-16-15-22(18(5)17(3)4)19-11-13-20(23)14-12-19/h6,11-14,17,21-22,24H,1,5,7-10,15-16H2,2-4H3. The van der Waals surface area contributed by atoms with Gasteiger partial charge in [-0.15, -0.1) is 6.58 Å². The highest BCUT2D eigenvalue weighted by Crippen LogP contribution is 2.31. The molecule has 0 aliphatic rings. The average molecular weight is 348 g/mol. The molecular weight excluding hydrogens is 314 g/mol. The highest BCUT2D eigenvalue weighted by atomic mass is 35.5. The van der Waals surface area contributed by atoms with Crippen LogP contribution in [0.1, 0.15) is 64.4 Å². The zero-order valence-corrected chi connectivity index (χ0v) is 16.4. The van der Waals surface area contributed by atoms with Crippen LogP contribution in [0.15, 0.2) is 49.1 Å². The number of halogens is 1. The lowest BCUT2D eigenvalue weighted by molar-refractivity contribution is 0.437. The first kappa shape index (κ1) is 21.0. The topological polar surface area (TPSA) is 12.0 Å². The van der Waals surface area contributed by atoms with Crippen LogP contribution in [0.4, 0.5) is 0 Å². The Morgan fingerprint density at radius 2 is 1.83 bits per heavy atom. The first-order valence-electron chi connectivity index (χ1n) is 9.28. The fraction of sp³-hybridized carbons (Fsp3) is 0.545. The molecule has 0 amide bonds. The zero-order valence-electron chi connectivity index (χ0n) is 15.7. The highest BCUT2D eigenvalue weighted by molar-refractivity contribution is 6.30. The van der Waals surface area contributed by atoms with E-state index < -0.39 is 0 Å². The molecule has 2 atom stereocenters. The van der Waals surface area contributed by atoms with E-state index in [0.717, 1.165) is 24.4 Å². The van der Waals surface area contributed by atoms with Gasteiger partial charge < -0.3 is 5.32 Å². The Hall–Kier alpha value is -1.05. The second kappa shape index (κ2) is 11.5. The molecule has 0 radical (unpaired) electrons. The van der Waals surface area contributed by atoms with E-state index in [1.54, 1.807) is 0 Å². The van der Waals surface area contributed by atoms with E-state index in [9.17, 15) is 0 Å². The Labute approximate surface area is 154 Å². The Kier molecular flexibility index (Phi) is 10.1. The van der Waals surface area contributed by atoms with E-state index >= 15 is 0 Å². The van der Waals surface area contributed by atoms with Crippen molar-refractivity contribution in [1.82, 2.24) is 5.32 Å². The van der Waals surface area contributed by atoms with Crippen LogP contribution in [-0.4, -0.2) is 12.6 Å². The first-order chi connectivity index (χ1) is 11.5. The normalized spacial score (nSPS) is 13.7. The zero-order chi connectivity index (χ0) is 17.9. The van der Waals surface area contributed by atoms with Crippen LogP contribution >= 0.6 is 11.6 Å². The molecule has 0 aliphatic heterocycles. The summed E-state index contributed by atoms with van der Waals surface area (Å²) in [6.07, 6.45) is 7.79. The maximum absolute atomic E-state index is 6.04. The summed E-state index contributed by atoms with van der Waals surface area (Å²) in [5, 5.41) is 4.54. The Morgan fingerprint density at radius 3 is 2.38 bits per heavy atom. The van der Waals surface area contributed by atoms with Gasteiger partial charge in [0.1, 0.15) is 0 Å². The third-order valence-corrected chi connectivity index (χ3v) is 4.94. The molecule has 0 bridgehead atoms. The van der Waals surface area contributed by atoms with Crippen molar-refractivity contribution in [3.05, 3.63) is 59.7 Å². The molecule has 0 saturated carbocycles. The second-order valence-electron chi connectivity index (χ2n) is 6.93. The summed E-state index contributed by atoms with van der Waals surface area (Å²) in [4.78, 5) is 0. The van der Waals surface area contributed by atoms with E-state index in [-0.39, 0.29) is 0 Å². The highest BCUT2D eigenvalue weighted by Gasteiger charge is 2.18. The maximum atomic E-state index is 6.04. The van der Waals surface area contributed by atoms with Crippen LogP contribution in [-0.2, 0) is 0 Å². The molecule has 1 rings (SSSR count). The lowest BCUT2D eigenvalue weighted by Gasteiger charge is -2.25. The van der Waals surface area contributed by atoms with Crippen LogP contribution in [0.2, 0.25) is 5.02 Å². The van der Waals surface area contributed by atoms with E-state index in [4.69, 9.17) is 11.6 Å². The average Bonchev–Trinajstić information content (AvgIpc) is 2.57. The van der Waals surface area contributed by atoms with Crippen LogP contribution in [0.3, 0.4) is 0 Å². The van der Waals surface area contributed by atoms with E-state index in [1.807, 2.05) is 18.2 Å². The number of hydrogen-bond donors (Lipinski definition) is 1. The van der Waals surface area contributed by atoms with E-state index in [0.29, 0.717) is 17.9 Å². The van der Waals surface area contributed by atoms with Crippen molar-refractivity contribution in [2.75, 3.05) is 6.54 Å². The number of allylic oxidation sites excluding steroid dienone is 2. The molecule has 1 aromatic carbocycles. The lowest BCUT2D eigenvalue weighted by Crippen LogP contribution is -2.30. The predicted octanol–water partition coefficient (Wildman–Crippen LogP) is 6.75. The molecule has 1 nitrogen and oxygen atoms in total. The third kappa shape index (κ3) is 7.23. The second-order valence-corrected chi connectivity index (χ2v) is 7.36. The van der Waals surface area contributed by atoms with Gasteiger partial charge in [0.25, 0.3) is 0 Å². The van der Waals surface area contributed by atoms with Crippen LogP contribution in [0, 0.1) is 5.92 Å². The van der Waals surface area contributed by atoms with Gasteiger partial charge in [0.2, 0.25) is 0 Å². The number of hydrogen-bond acceptors (Lipinski definition) is 1. The van der Waals surface area contributed by atoms with Gasteiger partial charge in [0.05, 0.1) is 0 Å². The van der Waals surface area contributed by atoms with Crippen molar-refractivity contribution < 1.29 is 0 Å². The summed E-state index contributed by atoms with van der Waals surface area (Å²) in [5.41, 5.74) is 2.62. The summed E-state index contributed by atoms with van der Waals surface area (Å²) in [5.74, 6) is 0.870. The quantitative estimate of drug-likeness (QED) is 0.412. The molecule has 2 heteroatoms. The van der Waals surface area contributed by atoms with Crippen molar-refractivity contribution >= 4 is 11.6 Å². The Bertz CT molecular complexity index is 489. The van der Waals surface area contributed by atoms with Crippen LogP contribution < -0.4 is 5.32 Å². The fourth-order valence-electron chi connectivity index (χ4n) is 3.11. The van der Waals surface area contributed by atoms with E-state index in [2.05, 4.69) is 51.4 Å². The van der Waals surface area contributed by atoms with Crippen molar-refractivity contribution in [2.45, 2.75) is 64.8 Å². The van der Waals surface area contributed by atoms with Crippen molar-refractivity contribution in [2.24, 2.45) is 5.92 Å². The first-order valence-corrected chi connectivity index (χ1v) is 9.65. The fourth-order valence-corrected chi connectivity index (χ4v) is 3.24. The van der Waals surface area contributed by atoms with Crippen LogP contribution in [0.5, 0.6) is 0 Å². The Balaban J connectivity index is 2.69. The summed E-state index contributed by atoms with van der Waals surface area (Å²) in [6, 6.07) is 8.83. The van der Waals surface area contributed by atoms with E-state index in [1.165, 1.54) is 30.4 Å². The molecule has 1 N–H and O–H groups in total. The summed E-state index contributed by atoms with van der Waals surface area (Å²) in [6.45, 7) is 15.9. The Morgan fingerprint density at radius 1 is 1.17 bits per heavy atom. The molecule has 134 valence electrons. The molecule has 0 spiro atoms. The predicted molar refractivity (Wildman–Crippen MR) is 109 cm³/mol. The van der Waals surface area contributed by atoms with Gasteiger partial charge in [-0.25, -0.2) is 0 Å². The molecule has 2 unspecified atom stereocenters. The number of rotatable bonds is 12. The third-order valence-electron chi connectivity index (χ3n) is 4.68. The molecule has 0 heterocycles. The van der Waals surface area contributed by atoms with Gasteiger partial charge in [0, 0.05) is 17.0 Å². The van der Waals surface area contributed by atoms with Crippen molar-refractivity contribution in [3.63, 3.8) is 0 Å². The molecule has 1 aromatic rings. The van der Waals surface area contributed by atoms with Gasteiger partial charge >= 0.3 is 0 Å². The van der Waals surface area contributed by atoms with Gasteiger partial charge in [-0.3, -0.25) is 0 Å². The largest absolute Gasteiger partial charge is 0.314 e. The van der Waals surface area contributed by atoms with Gasteiger partial charge in [-0.05, 0) is 55.8 Å². The van der Waals surface area contributed by atoms with Crippen LogP contribution in [0.25, 0.3) is 0 Å². The molecule has 24 heavy (non-hydrogen) atoms. The van der Waals surface area contributed by atoms with Gasteiger partial charge in [0.15, 0.2) is 0 Å². The minimum absolute atomic E-state index is 0.386.